The lowest BCUT2D eigenvalue weighted by atomic mass is 10.3. The number of rotatable bonds is 5. The fraction of sp³-hybridized carbons (Fsp3) is 0.500. The van der Waals surface area contributed by atoms with Crippen molar-refractivity contribution in [3.63, 3.8) is 0 Å². The van der Waals surface area contributed by atoms with Gasteiger partial charge in [-0.3, -0.25) is 4.98 Å². The van der Waals surface area contributed by atoms with E-state index in [1.54, 1.807) is 18.3 Å². The van der Waals surface area contributed by atoms with Gasteiger partial charge in [0.15, 0.2) is 0 Å². The van der Waals surface area contributed by atoms with Gasteiger partial charge < -0.3 is 0 Å². The number of aromatic nitrogens is 1. The van der Waals surface area contributed by atoms with E-state index in [9.17, 15) is 13.2 Å². The molecule has 102 valence electrons. The zero-order valence-electron chi connectivity index (χ0n) is 10.4. The highest BCUT2D eigenvalue weighted by Crippen LogP contribution is 2.22. The van der Waals surface area contributed by atoms with Crippen LogP contribution in [0.5, 0.6) is 0 Å². The van der Waals surface area contributed by atoms with E-state index >= 15 is 0 Å². The van der Waals surface area contributed by atoms with Crippen LogP contribution in [0.25, 0.3) is 0 Å². The Morgan fingerprint density at radius 3 is 3.00 bits per heavy atom. The van der Waals surface area contributed by atoms with Gasteiger partial charge in [0.05, 0.1) is 5.75 Å². The average molecular weight is 281 g/mol. The summed E-state index contributed by atoms with van der Waals surface area (Å²) >= 11 is 0. The molecular weight excluding hydrogens is 266 g/mol. The first-order chi connectivity index (χ1) is 9.13. The maximum atomic E-state index is 12.2. The summed E-state index contributed by atoms with van der Waals surface area (Å²) in [6, 6.07) is 5.40. The van der Waals surface area contributed by atoms with E-state index in [4.69, 9.17) is 0 Å². The molecule has 1 atom stereocenters. The average Bonchev–Trinajstić information content (AvgIpc) is 2.87. The first kappa shape index (κ1) is 13.9. The number of aliphatic imine (C=N–C) groups is 1. The quantitative estimate of drug-likeness (QED) is 0.588. The van der Waals surface area contributed by atoms with Gasteiger partial charge >= 0.3 is 0 Å². The summed E-state index contributed by atoms with van der Waals surface area (Å²) in [5.41, 5.74) is 0.737. The Morgan fingerprint density at radius 2 is 2.32 bits per heavy atom. The summed E-state index contributed by atoms with van der Waals surface area (Å²) in [7, 11) is -3.41. The Kier molecular flexibility index (Phi) is 4.42. The Morgan fingerprint density at radius 1 is 1.47 bits per heavy atom. The predicted octanol–water partition coefficient (Wildman–Crippen LogP) is 0.712. The molecule has 1 aliphatic heterocycles. The van der Waals surface area contributed by atoms with Crippen molar-refractivity contribution in [1.82, 2.24) is 9.29 Å². The van der Waals surface area contributed by atoms with Crippen molar-refractivity contribution in [2.24, 2.45) is 4.99 Å². The van der Waals surface area contributed by atoms with Gasteiger partial charge in [-0.1, -0.05) is 6.07 Å². The molecule has 6 nitrogen and oxygen atoms in total. The van der Waals surface area contributed by atoms with Gasteiger partial charge in [0.25, 0.3) is 0 Å². The molecule has 0 saturated carbocycles. The SMILES string of the molecule is O=C=NC1CCCN1S(=O)(=O)CCc1ccccn1. The predicted molar refractivity (Wildman–Crippen MR) is 69.6 cm³/mol. The van der Waals surface area contributed by atoms with Crippen LogP contribution in [0.1, 0.15) is 18.5 Å². The lowest BCUT2D eigenvalue weighted by molar-refractivity contribution is 0.395. The zero-order chi connectivity index (χ0) is 13.7. The van der Waals surface area contributed by atoms with Crippen molar-refractivity contribution in [2.75, 3.05) is 12.3 Å². The second-order valence-corrected chi connectivity index (χ2v) is 6.38. The number of nitrogens with zero attached hydrogens (tertiary/aromatic N) is 3. The Bertz CT molecular complexity index is 567. The van der Waals surface area contributed by atoms with Crippen LogP contribution in [0, 0.1) is 0 Å². The summed E-state index contributed by atoms with van der Waals surface area (Å²) in [5, 5.41) is 0. The monoisotopic (exact) mass is 281 g/mol. The highest BCUT2D eigenvalue weighted by atomic mass is 32.2. The molecule has 0 bridgehead atoms. The van der Waals surface area contributed by atoms with E-state index in [0.717, 1.165) is 12.1 Å². The molecule has 1 saturated heterocycles. The largest absolute Gasteiger partial charge is 0.261 e. The minimum Gasteiger partial charge on any atom is -0.261 e. The maximum Gasteiger partial charge on any atom is 0.236 e. The van der Waals surface area contributed by atoms with E-state index in [1.165, 1.54) is 10.4 Å². The van der Waals surface area contributed by atoms with Gasteiger partial charge in [0.2, 0.25) is 16.1 Å². The van der Waals surface area contributed by atoms with Crippen LogP contribution in [0.15, 0.2) is 29.4 Å². The highest BCUT2D eigenvalue weighted by molar-refractivity contribution is 7.89. The van der Waals surface area contributed by atoms with Crippen LogP contribution in [0.3, 0.4) is 0 Å². The number of hydrogen-bond donors (Lipinski definition) is 0. The van der Waals surface area contributed by atoms with Crippen molar-refractivity contribution in [2.45, 2.75) is 25.4 Å². The third-order valence-electron chi connectivity index (χ3n) is 3.07. The Balaban J connectivity index is 2.04. The molecule has 1 aliphatic rings. The number of isocyanates is 1. The van der Waals surface area contributed by atoms with Crippen molar-refractivity contribution in [3.05, 3.63) is 30.1 Å². The topological polar surface area (TPSA) is 79.7 Å². The first-order valence-electron chi connectivity index (χ1n) is 6.10. The van der Waals surface area contributed by atoms with Crippen molar-refractivity contribution >= 4 is 16.1 Å². The molecule has 0 radical (unpaired) electrons. The van der Waals surface area contributed by atoms with E-state index < -0.39 is 16.2 Å². The highest BCUT2D eigenvalue weighted by Gasteiger charge is 2.33. The summed E-state index contributed by atoms with van der Waals surface area (Å²) in [6.45, 7) is 0.417. The van der Waals surface area contributed by atoms with Crippen LogP contribution in [0.4, 0.5) is 0 Å². The van der Waals surface area contributed by atoms with Crippen molar-refractivity contribution in [1.29, 1.82) is 0 Å². The summed E-state index contributed by atoms with van der Waals surface area (Å²) in [5.74, 6) is -0.0190. The van der Waals surface area contributed by atoms with Gasteiger partial charge in [0, 0.05) is 24.9 Å². The molecule has 0 spiro atoms. The van der Waals surface area contributed by atoms with Gasteiger partial charge in [-0.15, -0.1) is 0 Å². The third kappa shape index (κ3) is 3.47. The standard InChI is InChI=1S/C12H15N3O3S/c16-10-14-12-5-3-8-15(12)19(17,18)9-6-11-4-1-2-7-13-11/h1-2,4,7,12H,3,5-6,8-9H2. The third-order valence-corrected chi connectivity index (χ3v) is 4.94. The number of sulfonamides is 1. The lowest BCUT2D eigenvalue weighted by Gasteiger charge is -2.19. The minimum atomic E-state index is -3.41. The molecule has 1 aromatic rings. The van der Waals surface area contributed by atoms with Crippen LogP contribution in [-0.4, -0.2) is 42.3 Å². The van der Waals surface area contributed by atoms with Gasteiger partial charge in [0.1, 0.15) is 6.17 Å². The maximum absolute atomic E-state index is 12.2. The molecule has 0 aliphatic carbocycles. The van der Waals surface area contributed by atoms with Crippen molar-refractivity contribution in [3.8, 4) is 0 Å². The van der Waals surface area contributed by atoms with Gasteiger partial charge in [-0.05, 0) is 25.0 Å². The fourth-order valence-electron chi connectivity index (χ4n) is 2.13. The second-order valence-electron chi connectivity index (χ2n) is 4.34. The Hall–Kier alpha value is -1.56. The molecule has 2 heterocycles. The van der Waals surface area contributed by atoms with E-state index in [0.29, 0.717) is 19.4 Å². The van der Waals surface area contributed by atoms with E-state index in [1.807, 2.05) is 6.07 Å². The molecule has 0 amide bonds. The van der Waals surface area contributed by atoms with Crippen LogP contribution in [0.2, 0.25) is 0 Å². The van der Waals surface area contributed by atoms with Crippen LogP contribution >= 0.6 is 0 Å². The smallest absolute Gasteiger partial charge is 0.236 e. The van der Waals surface area contributed by atoms with Crippen LogP contribution < -0.4 is 0 Å². The van der Waals surface area contributed by atoms with Crippen molar-refractivity contribution < 1.29 is 13.2 Å². The number of hydrogen-bond acceptors (Lipinski definition) is 5. The summed E-state index contributed by atoms with van der Waals surface area (Å²) < 4.78 is 25.7. The van der Waals surface area contributed by atoms with E-state index in [-0.39, 0.29) is 5.75 Å². The molecule has 2 rings (SSSR count). The molecule has 0 aromatic carbocycles. The first-order valence-corrected chi connectivity index (χ1v) is 7.71. The molecule has 1 aromatic heterocycles. The Labute approximate surface area is 112 Å². The van der Waals surface area contributed by atoms with Gasteiger partial charge in [-0.2, -0.15) is 9.30 Å². The fourth-order valence-corrected chi connectivity index (χ4v) is 3.77. The number of aryl methyl sites for hydroxylation is 1. The van der Waals surface area contributed by atoms with Gasteiger partial charge in [-0.25, -0.2) is 13.2 Å². The number of carbonyl (C=O) groups excluding carboxylic acids is 1. The summed E-state index contributed by atoms with van der Waals surface area (Å²) in [6.07, 6.45) is 4.16. The van der Waals surface area contributed by atoms with Crippen LogP contribution in [-0.2, 0) is 21.2 Å². The molecule has 19 heavy (non-hydrogen) atoms. The lowest BCUT2D eigenvalue weighted by Crippen LogP contribution is -2.36. The molecular formula is C12H15N3O3S. The normalized spacial score (nSPS) is 20.1. The van der Waals surface area contributed by atoms with E-state index in [2.05, 4.69) is 9.98 Å². The molecule has 1 fully saturated rings. The summed E-state index contributed by atoms with van der Waals surface area (Å²) in [4.78, 5) is 17.9. The zero-order valence-corrected chi connectivity index (χ0v) is 11.2. The minimum absolute atomic E-state index is 0.0190. The number of pyridine rings is 1. The second kappa shape index (κ2) is 6.06. The molecule has 7 heteroatoms. The molecule has 0 N–H and O–H groups in total. The molecule has 1 unspecified atom stereocenters.